The molecule has 0 aliphatic carbocycles. The van der Waals surface area contributed by atoms with Crippen LogP contribution >= 0.6 is 11.3 Å². The SMILES string of the molecule is Cc1cc2nc(C(C)C)n(Cc3nc(C)c(C(=O)O)s3)c2cc1C. The molecule has 3 aromatic rings. The number of hydrogen-bond donors (Lipinski definition) is 1. The largest absolute Gasteiger partial charge is 0.477 e. The first kappa shape index (κ1) is 16.6. The number of nitrogens with zero attached hydrogens (tertiary/aromatic N) is 3. The standard InChI is InChI=1S/C18H21N3O2S/c1-9(2)17-20-13-6-10(3)11(4)7-14(13)21(17)8-15-19-12(5)16(24-15)18(22)23/h6-7,9H,8H2,1-5H3,(H,22,23). The Morgan fingerprint density at radius 3 is 2.46 bits per heavy atom. The van der Waals surface area contributed by atoms with Gasteiger partial charge in [0.25, 0.3) is 0 Å². The number of fused-ring (bicyclic) bond motifs is 1. The molecule has 5 nitrogen and oxygen atoms in total. The summed E-state index contributed by atoms with van der Waals surface area (Å²) in [6.45, 7) is 10.7. The van der Waals surface area contributed by atoms with Crippen LogP contribution < -0.4 is 0 Å². The van der Waals surface area contributed by atoms with Crippen LogP contribution in [-0.2, 0) is 6.54 Å². The minimum absolute atomic E-state index is 0.276. The summed E-state index contributed by atoms with van der Waals surface area (Å²) in [5, 5.41) is 10.0. The zero-order chi connectivity index (χ0) is 17.6. The van der Waals surface area contributed by atoms with Crippen LogP contribution in [0.1, 0.15) is 57.1 Å². The van der Waals surface area contributed by atoms with Gasteiger partial charge in [0.1, 0.15) is 15.7 Å². The van der Waals surface area contributed by atoms with E-state index in [2.05, 4.69) is 49.4 Å². The van der Waals surface area contributed by atoms with E-state index in [1.807, 2.05) is 0 Å². The normalized spacial score (nSPS) is 11.6. The van der Waals surface area contributed by atoms with Crippen molar-refractivity contribution >= 4 is 28.3 Å². The van der Waals surface area contributed by atoms with Crippen LogP contribution in [0.15, 0.2) is 12.1 Å². The van der Waals surface area contributed by atoms with Gasteiger partial charge in [-0.05, 0) is 44.0 Å². The third-order valence-corrected chi connectivity index (χ3v) is 5.37. The number of rotatable bonds is 4. The predicted molar refractivity (Wildman–Crippen MR) is 96.2 cm³/mol. The highest BCUT2D eigenvalue weighted by Crippen LogP contribution is 2.27. The summed E-state index contributed by atoms with van der Waals surface area (Å²) in [5.41, 5.74) is 5.08. The van der Waals surface area contributed by atoms with Crippen LogP contribution in [-0.4, -0.2) is 25.6 Å². The molecule has 3 rings (SSSR count). The lowest BCUT2D eigenvalue weighted by Gasteiger charge is -2.10. The van der Waals surface area contributed by atoms with E-state index in [1.54, 1.807) is 6.92 Å². The molecule has 1 aromatic carbocycles. The predicted octanol–water partition coefficient (Wildman–Crippen LogP) is 4.29. The number of carboxylic acids is 1. The topological polar surface area (TPSA) is 68.0 Å². The number of aromatic carboxylic acids is 1. The van der Waals surface area contributed by atoms with Gasteiger partial charge < -0.3 is 9.67 Å². The molecule has 0 radical (unpaired) electrons. The third kappa shape index (κ3) is 2.82. The van der Waals surface area contributed by atoms with Gasteiger partial charge >= 0.3 is 5.97 Å². The Balaban J connectivity index is 2.13. The van der Waals surface area contributed by atoms with Gasteiger partial charge in [-0.15, -0.1) is 11.3 Å². The van der Waals surface area contributed by atoms with Crippen LogP contribution in [0.4, 0.5) is 0 Å². The monoisotopic (exact) mass is 343 g/mol. The molecule has 126 valence electrons. The number of thiazole rings is 1. The van der Waals surface area contributed by atoms with Gasteiger partial charge in [0.05, 0.1) is 23.3 Å². The Bertz CT molecular complexity index is 938. The van der Waals surface area contributed by atoms with Crippen LogP contribution in [0.3, 0.4) is 0 Å². The molecule has 2 aromatic heterocycles. The Morgan fingerprint density at radius 1 is 1.21 bits per heavy atom. The second-order valence-electron chi connectivity index (χ2n) is 6.46. The number of benzene rings is 1. The fourth-order valence-corrected chi connectivity index (χ4v) is 3.75. The van der Waals surface area contributed by atoms with E-state index in [1.165, 1.54) is 22.5 Å². The fraction of sp³-hybridized carbons (Fsp3) is 0.389. The van der Waals surface area contributed by atoms with Gasteiger partial charge in [-0.1, -0.05) is 13.8 Å². The smallest absolute Gasteiger partial charge is 0.347 e. The second kappa shape index (κ2) is 6.02. The van der Waals surface area contributed by atoms with Gasteiger partial charge in [0, 0.05) is 5.92 Å². The average molecular weight is 343 g/mol. The van der Waals surface area contributed by atoms with Crippen molar-refractivity contribution in [1.29, 1.82) is 0 Å². The number of imidazole rings is 1. The molecule has 0 saturated heterocycles. The minimum Gasteiger partial charge on any atom is -0.477 e. The quantitative estimate of drug-likeness (QED) is 0.767. The molecule has 1 N–H and O–H groups in total. The summed E-state index contributed by atoms with van der Waals surface area (Å²) >= 11 is 1.24. The maximum Gasteiger partial charge on any atom is 0.347 e. The van der Waals surface area contributed by atoms with E-state index in [4.69, 9.17) is 4.98 Å². The summed E-state index contributed by atoms with van der Waals surface area (Å²) in [6, 6.07) is 4.27. The van der Waals surface area contributed by atoms with Crippen molar-refractivity contribution < 1.29 is 9.90 Å². The average Bonchev–Trinajstić information content (AvgIpc) is 3.02. The first-order valence-corrected chi connectivity index (χ1v) is 8.76. The summed E-state index contributed by atoms with van der Waals surface area (Å²) in [6.07, 6.45) is 0. The van der Waals surface area contributed by atoms with Crippen molar-refractivity contribution in [3.63, 3.8) is 0 Å². The molecular weight excluding hydrogens is 322 g/mol. The van der Waals surface area contributed by atoms with E-state index < -0.39 is 5.97 Å². The second-order valence-corrected chi connectivity index (χ2v) is 7.55. The summed E-state index contributed by atoms with van der Waals surface area (Å²) in [7, 11) is 0. The number of carbonyl (C=O) groups is 1. The van der Waals surface area contributed by atoms with E-state index in [9.17, 15) is 9.90 Å². The van der Waals surface area contributed by atoms with Crippen molar-refractivity contribution in [3.8, 4) is 0 Å². The van der Waals surface area contributed by atoms with Crippen molar-refractivity contribution in [1.82, 2.24) is 14.5 Å². The Kier molecular flexibility index (Phi) is 4.17. The maximum absolute atomic E-state index is 11.3. The van der Waals surface area contributed by atoms with E-state index in [-0.39, 0.29) is 5.92 Å². The molecule has 2 heterocycles. The Morgan fingerprint density at radius 2 is 1.88 bits per heavy atom. The zero-order valence-corrected chi connectivity index (χ0v) is 15.4. The lowest BCUT2D eigenvalue weighted by atomic mass is 10.1. The van der Waals surface area contributed by atoms with Crippen LogP contribution in [0.5, 0.6) is 0 Å². The van der Waals surface area contributed by atoms with Crippen molar-refractivity contribution in [2.45, 2.75) is 47.1 Å². The highest BCUT2D eigenvalue weighted by molar-refractivity contribution is 7.13. The summed E-state index contributed by atoms with van der Waals surface area (Å²) < 4.78 is 2.16. The molecule has 24 heavy (non-hydrogen) atoms. The van der Waals surface area contributed by atoms with Gasteiger partial charge in [0.15, 0.2) is 0 Å². The Hall–Kier alpha value is -2.21. The number of aromatic nitrogens is 3. The molecule has 0 fully saturated rings. The summed E-state index contributed by atoms with van der Waals surface area (Å²) in [4.78, 5) is 20.8. The van der Waals surface area contributed by atoms with Gasteiger partial charge in [-0.3, -0.25) is 0 Å². The van der Waals surface area contributed by atoms with E-state index >= 15 is 0 Å². The number of carboxylic acid groups (broad SMARTS) is 1. The van der Waals surface area contributed by atoms with E-state index in [0.717, 1.165) is 21.9 Å². The van der Waals surface area contributed by atoms with Crippen LogP contribution in [0.25, 0.3) is 11.0 Å². The molecular formula is C18H21N3O2S. The lowest BCUT2D eigenvalue weighted by molar-refractivity contribution is 0.0701. The highest BCUT2D eigenvalue weighted by atomic mass is 32.1. The molecule has 0 unspecified atom stereocenters. The molecule has 0 spiro atoms. The van der Waals surface area contributed by atoms with Gasteiger partial charge in [-0.25, -0.2) is 14.8 Å². The molecule has 6 heteroatoms. The van der Waals surface area contributed by atoms with E-state index in [0.29, 0.717) is 17.1 Å². The molecule has 0 atom stereocenters. The number of hydrogen-bond acceptors (Lipinski definition) is 4. The molecule has 0 aliphatic heterocycles. The highest BCUT2D eigenvalue weighted by Gasteiger charge is 2.18. The molecule has 0 amide bonds. The fourth-order valence-electron chi connectivity index (χ4n) is 2.86. The Labute approximate surface area is 145 Å². The maximum atomic E-state index is 11.3. The molecule has 0 saturated carbocycles. The lowest BCUT2D eigenvalue weighted by Crippen LogP contribution is -2.06. The number of aryl methyl sites for hydroxylation is 3. The first-order valence-electron chi connectivity index (χ1n) is 7.95. The van der Waals surface area contributed by atoms with Crippen LogP contribution in [0, 0.1) is 20.8 Å². The minimum atomic E-state index is -0.915. The molecule has 0 aliphatic rings. The van der Waals surface area contributed by atoms with Crippen molar-refractivity contribution in [2.75, 3.05) is 0 Å². The van der Waals surface area contributed by atoms with Crippen molar-refractivity contribution in [2.24, 2.45) is 0 Å². The zero-order valence-electron chi connectivity index (χ0n) is 14.5. The third-order valence-electron chi connectivity index (χ3n) is 4.24. The van der Waals surface area contributed by atoms with Gasteiger partial charge in [-0.2, -0.15) is 0 Å². The first-order chi connectivity index (χ1) is 11.3. The van der Waals surface area contributed by atoms with Gasteiger partial charge in [0.2, 0.25) is 0 Å². The molecule has 0 bridgehead atoms. The van der Waals surface area contributed by atoms with Crippen LogP contribution in [0.2, 0.25) is 0 Å². The summed E-state index contributed by atoms with van der Waals surface area (Å²) in [5.74, 6) is 0.361. The van der Waals surface area contributed by atoms with Crippen molar-refractivity contribution in [3.05, 3.63) is 44.7 Å².